The van der Waals surface area contributed by atoms with Crippen LogP contribution >= 0.6 is 0 Å². The van der Waals surface area contributed by atoms with E-state index < -0.39 is 0 Å². The van der Waals surface area contributed by atoms with Gasteiger partial charge >= 0.3 is 0 Å². The molecule has 4 heteroatoms. The van der Waals surface area contributed by atoms with Gasteiger partial charge in [0.05, 0.1) is 11.4 Å². The van der Waals surface area contributed by atoms with E-state index in [4.69, 9.17) is 0 Å². The number of benzene rings is 2. The van der Waals surface area contributed by atoms with Gasteiger partial charge in [-0.25, -0.2) is 4.68 Å². The van der Waals surface area contributed by atoms with Crippen molar-refractivity contribution in [1.29, 1.82) is 0 Å². The van der Waals surface area contributed by atoms with Crippen molar-refractivity contribution >= 4 is 5.69 Å². The van der Waals surface area contributed by atoms with Gasteiger partial charge in [0, 0.05) is 16.8 Å². The Hall–Kier alpha value is -2.75. The fourth-order valence-corrected chi connectivity index (χ4v) is 2.88. The molecular weight excluding hydrogens is 262 g/mol. The molecule has 0 spiro atoms. The predicted octanol–water partition coefficient (Wildman–Crippen LogP) is 3.54. The Kier molecular flexibility index (Phi) is 2.51. The lowest BCUT2D eigenvalue weighted by Gasteiger charge is -2.29. The number of phenols is 1. The number of rotatable bonds is 1. The number of para-hydroxylation sites is 2. The van der Waals surface area contributed by atoms with Crippen molar-refractivity contribution in [3.8, 4) is 17.0 Å². The second-order valence-corrected chi connectivity index (χ2v) is 5.27. The van der Waals surface area contributed by atoms with Crippen molar-refractivity contribution in [2.45, 2.75) is 13.1 Å². The molecule has 1 aliphatic heterocycles. The van der Waals surface area contributed by atoms with E-state index in [0.29, 0.717) is 0 Å². The van der Waals surface area contributed by atoms with E-state index >= 15 is 0 Å². The van der Waals surface area contributed by atoms with E-state index in [0.717, 1.165) is 28.2 Å². The van der Waals surface area contributed by atoms with Gasteiger partial charge in [-0.3, -0.25) is 0 Å². The van der Waals surface area contributed by atoms with Crippen LogP contribution in [0.3, 0.4) is 0 Å². The molecule has 0 amide bonds. The van der Waals surface area contributed by atoms with Crippen molar-refractivity contribution < 1.29 is 5.11 Å². The van der Waals surface area contributed by atoms with E-state index in [1.807, 2.05) is 48.0 Å². The lowest BCUT2D eigenvalue weighted by molar-refractivity contribution is 0.452. The van der Waals surface area contributed by atoms with Crippen molar-refractivity contribution in [3.05, 3.63) is 65.9 Å². The highest BCUT2D eigenvalue weighted by Crippen LogP contribution is 2.39. The summed E-state index contributed by atoms with van der Waals surface area (Å²) in [6.07, 6.45) is -0.204. The molecule has 0 aliphatic carbocycles. The van der Waals surface area contributed by atoms with Crippen LogP contribution in [0.15, 0.2) is 54.6 Å². The molecule has 0 saturated carbocycles. The van der Waals surface area contributed by atoms with Crippen LogP contribution in [0.2, 0.25) is 0 Å². The average Bonchev–Trinajstić information content (AvgIpc) is 2.89. The molecule has 0 saturated heterocycles. The van der Waals surface area contributed by atoms with Gasteiger partial charge in [0.2, 0.25) is 0 Å². The lowest BCUT2D eigenvalue weighted by Crippen LogP contribution is -2.25. The molecule has 1 atom stereocenters. The Morgan fingerprint density at radius 2 is 1.86 bits per heavy atom. The smallest absolute Gasteiger partial charge is 0.150 e. The van der Waals surface area contributed by atoms with Crippen LogP contribution in [0.5, 0.6) is 5.75 Å². The second-order valence-electron chi connectivity index (χ2n) is 5.27. The minimum Gasteiger partial charge on any atom is -0.508 e. The maximum absolute atomic E-state index is 10.2. The summed E-state index contributed by atoms with van der Waals surface area (Å²) in [4.78, 5) is 0. The van der Waals surface area contributed by atoms with E-state index in [2.05, 4.69) is 22.5 Å². The Balaban J connectivity index is 1.94. The summed E-state index contributed by atoms with van der Waals surface area (Å²) in [6.45, 7) is 1.98. The molecule has 0 fully saturated rings. The average molecular weight is 277 g/mol. The first-order chi connectivity index (χ1) is 10.2. The zero-order valence-corrected chi connectivity index (χ0v) is 11.6. The van der Waals surface area contributed by atoms with E-state index in [-0.39, 0.29) is 11.9 Å². The van der Waals surface area contributed by atoms with Gasteiger partial charge in [-0.15, -0.1) is 0 Å². The molecular formula is C17H15N3O. The number of hydrogen-bond acceptors (Lipinski definition) is 3. The standard InChI is InChI=1S/C17H15N3O/c1-11-10-15-12-6-2-4-8-14(12)18-17(20(15)19-11)13-7-3-5-9-16(13)21/h2-10,17-18,21H,1H3. The van der Waals surface area contributed by atoms with Gasteiger partial charge in [0.25, 0.3) is 0 Å². The zero-order valence-electron chi connectivity index (χ0n) is 11.6. The maximum atomic E-state index is 10.2. The normalized spacial score (nSPS) is 16.0. The number of aryl methyl sites for hydroxylation is 1. The van der Waals surface area contributed by atoms with Gasteiger partial charge in [0.1, 0.15) is 5.75 Å². The molecule has 1 unspecified atom stereocenters. The number of fused-ring (bicyclic) bond motifs is 3. The van der Waals surface area contributed by atoms with Gasteiger partial charge in [-0.1, -0.05) is 36.4 Å². The number of nitrogens with zero attached hydrogens (tertiary/aromatic N) is 2. The van der Waals surface area contributed by atoms with Gasteiger partial charge in [0.15, 0.2) is 6.17 Å². The molecule has 2 N–H and O–H groups in total. The predicted molar refractivity (Wildman–Crippen MR) is 82.3 cm³/mol. The molecule has 1 aliphatic rings. The highest BCUT2D eigenvalue weighted by atomic mass is 16.3. The number of nitrogens with one attached hydrogen (secondary N) is 1. The Morgan fingerprint density at radius 3 is 2.71 bits per heavy atom. The number of hydrogen-bond donors (Lipinski definition) is 2. The second kappa shape index (κ2) is 4.38. The fraction of sp³-hybridized carbons (Fsp3) is 0.118. The summed E-state index contributed by atoms with van der Waals surface area (Å²) in [5, 5.41) is 18.2. The van der Waals surface area contributed by atoms with Crippen molar-refractivity contribution in [2.24, 2.45) is 0 Å². The van der Waals surface area contributed by atoms with E-state index in [1.54, 1.807) is 6.07 Å². The molecule has 21 heavy (non-hydrogen) atoms. The number of aromatic nitrogens is 2. The summed E-state index contributed by atoms with van der Waals surface area (Å²) >= 11 is 0. The molecule has 1 aromatic heterocycles. The third-order valence-electron chi connectivity index (χ3n) is 3.83. The lowest BCUT2D eigenvalue weighted by atomic mass is 10.0. The van der Waals surface area contributed by atoms with Crippen molar-refractivity contribution in [2.75, 3.05) is 5.32 Å². The van der Waals surface area contributed by atoms with Crippen LogP contribution in [0.25, 0.3) is 11.3 Å². The summed E-state index contributed by atoms with van der Waals surface area (Å²) in [6, 6.07) is 17.6. The minimum absolute atomic E-state index is 0.204. The van der Waals surface area contributed by atoms with E-state index in [1.165, 1.54) is 0 Å². The van der Waals surface area contributed by atoms with Crippen LogP contribution in [0, 0.1) is 6.92 Å². The van der Waals surface area contributed by atoms with E-state index in [9.17, 15) is 5.11 Å². The van der Waals surface area contributed by atoms with Gasteiger partial charge in [-0.2, -0.15) is 5.10 Å². The highest BCUT2D eigenvalue weighted by Gasteiger charge is 2.27. The summed E-state index contributed by atoms with van der Waals surface area (Å²) in [5.74, 6) is 0.272. The molecule has 2 aromatic carbocycles. The first-order valence-corrected chi connectivity index (χ1v) is 6.94. The first-order valence-electron chi connectivity index (χ1n) is 6.94. The minimum atomic E-state index is -0.204. The molecule has 4 rings (SSSR count). The topological polar surface area (TPSA) is 50.1 Å². The third kappa shape index (κ3) is 1.80. The van der Waals surface area contributed by atoms with Gasteiger partial charge in [-0.05, 0) is 25.1 Å². The first kappa shape index (κ1) is 12.0. The number of anilines is 1. The quantitative estimate of drug-likeness (QED) is 0.715. The third-order valence-corrected chi connectivity index (χ3v) is 3.83. The SMILES string of the molecule is Cc1cc2n(n1)C(c1ccccc1O)Nc1ccccc1-2. The summed E-state index contributed by atoms with van der Waals surface area (Å²) < 4.78 is 1.94. The summed E-state index contributed by atoms with van der Waals surface area (Å²) in [7, 11) is 0. The fourth-order valence-electron chi connectivity index (χ4n) is 2.88. The summed E-state index contributed by atoms with van der Waals surface area (Å²) in [5.41, 5.74) is 5.03. The Bertz CT molecular complexity index is 822. The molecule has 4 nitrogen and oxygen atoms in total. The molecule has 0 radical (unpaired) electrons. The Labute approximate surface area is 122 Å². The maximum Gasteiger partial charge on any atom is 0.150 e. The van der Waals surface area contributed by atoms with Crippen LogP contribution in [0.4, 0.5) is 5.69 Å². The largest absolute Gasteiger partial charge is 0.508 e. The zero-order chi connectivity index (χ0) is 14.4. The highest BCUT2D eigenvalue weighted by molar-refractivity contribution is 5.78. The molecule has 2 heterocycles. The monoisotopic (exact) mass is 277 g/mol. The number of aromatic hydroxyl groups is 1. The van der Waals surface area contributed by atoms with Crippen molar-refractivity contribution in [1.82, 2.24) is 9.78 Å². The van der Waals surface area contributed by atoms with Crippen LogP contribution in [-0.4, -0.2) is 14.9 Å². The van der Waals surface area contributed by atoms with Crippen LogP contribution in [-0.2, 0) is 0 Å². The number of phenolic OH excluding ortho intramolecular Hbond substituents is 1. The van der Waals surface area contributed by atoms with Crippen LogP contribution in [0.1, 0.15) is 17.4 Å². The van der Waals surface area contributed by atoms with Gasteiger partial charge < -0.3 is 10.4 Å². The molecule has 104 valence electrons. The molecule has 3 aromatic rings. The van der Waals surface area contributed by atoms with Crippen LogP contribution < -0.4 is 5.32 Å². The van der Waals surface area contributed by atoms with Crippen molar-refractivity contribution in [3.63, 3.8) is 0 Å². The Morgan fingerprint density at radius 1 is 1.10 bits per heavy atom. The molecule has 0 bridgehead atoms.